The number of hydrogen-bond acceptors (Lipinski definition) is 2. The van der Waals surface area contributed by atoms with Gasteiger partial charge in [0.15, 0.2) is 0 Å². The Morgan fingerprint density at radius 3 is 2.32 bits per heavy atom. The maximum absolute atomic E-state index is 14.6. The Hall–Kier alpha value is -2.50. The summed E-state index contributed by atoms with van der Waals surface area (Å²) in [5.41, 5.74) is 0.503. The third-order valence-electron chi connectivity index (χ3n) is 5.16. The van der Waals surface area contributed by atoms with Crippen molar-refractivity contribution in [1.82, 2.24) is 0 Å². The Kier molecular flexibility index (Phi) is 6.27. The van der Waals surface area contributed by atoms with Gasteiger partial charge in [0.25, 0.3) is 0 Å². The van der Waals surface area contributed by atoms with Crippen LogP contribution in [0.2, 0.25) is 0 Å². The van der Waals surface area contributed by atoms with Gasteiger partial charge in [-0.05, 0) is 73.4 Å². The highest BCUT2D eigenvalue weighted by molar-refractivity contribution is 5.67. The SMILES string of the molecule is CC(CCCC(=O)O)c1c(F)cc(-c2cc(F)cc(OC3CCC3)c2)cc1F. The van der Waals surface area contributed by atoms with E-state index in [0.717, 1.165) is 19.3 Å². The van der Waals surface area contributed by atoms with Crippen molar-refractivity contribution in [1.29, 1.82) is 0 Å². The second-order valence-electron chi connectivity index (χ2n) is 7.39. The summed E-state index contributed by atoms with van der Waals surface area (Å²) in [4.78, 5) is 10.6. The number of halogens is 3. The van der Waals surface area contributed by atoms with Gasteiger partial charge in [0.05, 0.1) is 6.10 Å². The highest BCUT2D eigenvalue weighted by atomic mass is 19.1. The number of carboxylic acid groups (broad SMARTS) is 1. The first-order chi connectivity index (χ1) is 13.3. The molecule has 2 aromatic rings. The number of benzene rings is 2. The zero-order chi connectivity index (χ0) is 20.3. The fraction of sp³-hybridized carbons (Fsp3) is 0.409. The van der Waals surface area contributed by atoms with E-state index >= 15 is 0 Å². The molecule has 0 amide bonds. The van der Waals surface area contributed by atoms with Crippen molar-refractivity contribution in [3.8, 4) is 16.9 Å². The topological polar surface area (TPSA) is 46.5 Å². The van der Waals surface area contributed by atoms with E-state index in [-0.39, 0.29) is 23.7 Å². The zero-order valence-electron chi connectivity index (χ0n) is 15.7. The molecule has 0 radical (unpaired) electrons. The molecular formula is C22H23F3O3. The fourth-order valence-corrected chi connectivity index (χ4v) is 3.40. The predicted octanol–water partition coefficient (Wildman–Crippen LogP) is 6.06. The normalized spacial score (nSPS) is 15.1. The zero-order valence-corrected chi connectivity index (χ0v) is 15.7. The second-order valence-corrected chi connectivity index (χ2v) is 7.39. The molecule has 28 heavy (non-hydrogen) atoms. The van der Waals surface area contributed by atoms with E-state index in [1.807, 2.05) is 0 Å². The lowest BCUT2D eigenvalue weighted by Crippen LogP contribution is -2.24. The van der Waals surface area contributed by atoms with Gasteiger partial charge in [-0.25, -0.2) is 13.2 Å². The van der Waals surface area contributed by atoms with Crippen molar-refractivity contribution in [2.24, 2.45) is 0 Å². The second kappa shape index (κ2) is 8.67. The highest BCUT2D eigenvalue weighted by Gasteiger charge is 2.21. The van der Waals surface area contributed by atoms with E-state index in [4.69, 9.17) is 9.84 Å². The Balaban J connectivity index is 1.82. The molecule has 3 rings (SSSR count). The Labute approximate surface area is 162 Å². The molecule has 6 heteroatoms. The lowest BCUT2D eigenvalue weighted by atomic mass is 9.92. The molecule has 1 atom stereocenters. The van der Waals surface area contributed by atoms with Crippen LogP contribution in [0.5, 0.6) is 5.75 Å². The minimum atomic E-state index is -0.936. The van der Waals surface area contributed by atoms with E-state index in [1.165, 1.54) is 24.3 Å². The lowest BCUT2D eigenvalue weighted by Gasteiger charge is -2.26. The van der Waals surface area contributed by atoms with E-state index in [1.54, 1.807) is 13.0 Å². The third kappa shape index (κ3) is 4.86. The van der Waals surface area contributed by atoms with Crippen LogP contribution in [0.15, 0.2) is 30.3 Å². The lowest BCUT2D eigenvalue weighted by molar-refractivity contribution is -0.137. The number of aliphatic carboxylic acids is 1. The number of carbonyl (C=O) groups is 1. The van der Waals surface area contributed by atoms with Crippen molar-refractivity contribution in [2.75, 3.05) is 0 Å². The summed E-state index contributed by atoms with van der Waals surface area (Å²) in [7, 11) is 0. The number of ether oxygens (including phenoxy) is 1. The average Bonchev–Trinajstić information content (AvgIpc) is 2.56. The average molecular weight is 392 g/mol. The van der Waals surface area contributed by atoms with Crippen LogP contribution in [0.25, 0.3) is 11.1 Å². The van der Waals surface area contributed by atoms with Crippen LogP contribution in [0.1, 0.15) is 56.9 Å². The summed E-state index contributed by atoms with van der Waals surface area (Å²) in [5, 5.41) is 8.70. The van der Waals surface area contributed by atoms with Crippen molar-refractivity contribution in [3.05, 3.63) is 53.3 Å². The van der Waals surface area contributed by atoms with Crippen LogP contribution in [0.3, 0.4) is 0 Å². The molecule has 0 spiro atoms. The van der Waals surface area contributed by atoms with Gasteiger partial charge < -0.3 is 9.84 Å². The molecular weight excluding hydrogens is 369 g/mol. The Morgan fingerprint density at radius 1 is 1.11 bits per heavy atom. The van der Waals surface area contributed by atoms with Gasteiger partial charge in [0, 0.05) is 18.1 Å². The van der Waals surface area contributed by atoms with Crippen LogP contribution >= 0.6 is 0 Å². The van der Waals surface area contributed by atoms with Gasteiger partial charge in [-0.2, -0.15) is 0 Å². The van der Waals surface area contributed by atoms with Crippen LogP contribution in [0, 0.1) is 17.5 Å². The van der Waals surface area contributed by atoms with Crippen molar-refractivity contribution >= 4 is 5.97 Å². The molecule has 1 unspecified atom stereocenters. The van der Waals surface area contributed by atoms with Crippen LogP contribution in [-0.2, 0) is 4.79 Å². The van der Waals surface area contributed by atoms with Crippen molar-refractivity contribution < 1.29 is 27.8 Å². The summed E-state index contributed by atoms with van der Waals surface area (Å²) in [6.45, 7) is 1.66. The summed E-state index contributed by atoms with van der Waals surface area (Å²) < 4.78 is 48.9. The van der Waals surface area contributed by atoms with E-state index in [0.29, 0.717) is 24.2 Å². The first-order valence-corrected chi connectivity index (χ1v) is 9.52. The van der Waals surface area contributed by atoms with Gasteiger partial charge in [0.2, 0.25) is 0 Å². The van der Waals surface area contributed by atoms with Crippen LogP contribution in [-0.4, -0.2) is 17.2 Å². The molecule has 2 aromatic carbocycles. The van der Waals surface area contributed by atoms with Gasteiger partial charge in [-0.15, -0.1) is 0 Å². The highest BCUT2D eigenvalue weighted by Crippen LogP contribution is 2.34. The maximum atomic E-state index is 14.6. The fourth-order valence-electron chi connectivity index (χ4n) is 3.40. The summed E-state index contributed by atoms with van der Waals surface area (Å²) in [6.07, 6.45) is 3.64. The Morgan fingerprint density at radius 2 is 1.75 bits per heavy atom. The summed E-state index contributed by atoms with van der Waals surface area (Å²) >= 11 is 0. The minimum absolute atomic E-state index is 0.0429. The molecule has 150 valence electrons. The first-order valence-electron chi connectivity index (χ1n) is 9.52. The van der Waals surface area contributed by atoms with Crippen molar-refractivity contribution in [2.45, 2.75) is 57.5 Å². The van der Waals surface area contributed by atoms with Gasteiger partial charge in [-0.3, -0.25) is 4.79 Å². The molecule has 0 heterocycles. The Bertz CT molecular complexity index is 839. The maximum Gasteiger partial charge on any atom is 0.303 e. The molecule has 1 saturated carbocycles. The van der Waals surface area contributed by atoms with Crippen LogP contribution in [0.4, 0.5) is 13.2 Å². The molecule has 0 bridgehead atoms. The van der Waals surface area contributed by atoms with E-state index in [9.17, 15) is 18.0 Å². The molecule has 0 aromatic heterocycles. The molecule has 0 saturated heterocycles. The standard InChI is InChI=1S/C22H23F3O3/c1-13(4-2-7-21(26)27)22-19(24)10-15(11-20(22)25)14-8-16(23)12-18(9-14)28-17-5-3-6-17/h8-13,17H,2-7H2,1H3,(H,26,27). The van der Waals surface area contributed by atoms with Gasteiger partial charge in [0.1, 0.15) is 23.2 Å². The van der Waals surface area contributed by atoms with Crippen LogP contribution < -0.4 is 4.74 Å². The summed E-state index contributed by atoms with van der Waals surface area (Å²) in [6, 6.07) is 6.46. The predicted molar refractivity (Wildman–Crippen MR) is 99.9 cm³/mol. The van der Waals surface area contributed by atoms with Gasteiger partial charge >= 0.3 is 5.97 Å². The third-order valence-corrected chi connectivity index (χ3v) is 5.16. The number of hydrogen-bond donors (Lipinski definition) is 1. The van der Waals surface area contributed by atoms with E-state index in [2.05, 4.69) is 0 Å². The molecule has 1 N–H and O–H groups in total. The monoisotopic (exact) mass is 392 g/mol. The van der Waals surface area contributed by atoms with Crippen molar-refractivity contribution in [3.63, 3.8) is 0 Å². The number of carboxylic acids is 1. The first kappa shape index (κ1) is 20.2. The quantitative estimate of drug-likeness (QED) is 0.594. The molecule has 1 aliphatic rings. The molecule has 0 aliphatic heterocycles. The molecule has 3 nitrogen and oxygen atoms in total. The summed E-state index contributed by atoms with van der Waals surface area (Å²) in [5.74, 6) is -3.01. The molecule has 1 fully saturated rings. The smallest absolute Gasteiger partial charge is 0.303 e. The van der Waals surface area contributed by atoms with Gasteiger partial charge in [-0.1, -0.05) is 6.92 Å². The minimum Gasteiger partial charge on any atom is -0.490 e. The largest absolute Gasteiger partial charge is 0.490 e. The van der Waals surface area contributed by atoms with E-state index < -0.39 is 29.3 Å². The molecule has 1 aliphatic carbocycles. The number of rotatable bonds is 8.